The van der Waals surface area contributed by atoms with Crippen molar-refractivity contribution in [1.82, 2.24) is 5.32 Å². The number of nitrogens with one attached hydrogen (secondary N) is 1. The molecule has 0 aliphatic carbocycles. The second-order valence-electron chi connectivity index (χ2n) is 9.58. The molecule has 36 heavy (non-hydrogen) atoms. The Kier molecular flexibility index (Phi) is 7.67. The predicted octanol–water partition coefficient (Wildman–Crippen LogP) is 7.21. The van der Waals surface area contributed by atoms with Crippen LogP contribution in [0.25, 0.3) is 10.8 Å². The van der Waals surface area contributed by atoms with E-state index < -0.39 is 5.97 Å². The predicted molar refractivity (Wildman–Crippen MR) is 148 cm³/mol. The van der Waals surface area contributed by atoms with Gasteiger partial charge in [-0.25, -0.2) is 4.79 Å². The molecule has 0 aromatic heterocycles. The third-order valence-electron chi connectivity index (χ3n) is 7.35. The third kappa shape index (κ3) is 4.97. The summed E-state index contributed by atoms with van der Waals surface area (Å²) in [5.41, 5.74) is 5.63. The van der Waals surface area contributed by atoms with Crippen LogP contribution in [0.15, 0.2) is 78.9 Å². The Labute approximate surface area is 218 Å². The van der Waals surface area contributed by atoms with E-state index in [0.29, 0.717) is 12.1 Å². The Bertz CT molecular complexity index is 1390. The van der Waals surface area contributed by atoms with Gasteiger partial charge in [-0.3, -0.25) is 0 Å². The molecule has 0 saturated carbocycles. The number of carboxylic acid groups (broad SMARTS) is 1. The molecule has 0 spiro atoms. The van der Waals surface area contributed by atoms with Gasteiger partial charge in [-0.1, -0.05) is 66.7 Å². The minimum Gasteiger partial charge on any atom is -0.489 e. The average molecular weight is 502 g/mol. The fourth-order valence-corrected chi connectivity index (χ4v) is 5.29. The number of carbonyl (C=O) groups is 1. The summed E-state index contributed by atoms with van der Waals surface area (Å²) in [6.45, 7) is 6.76. The summed E-state index contributed by atoms with van der Waals surface area (Å²) in [6, 6.07) is 27.2. The maximum absolute atomic E-state index is 11.9. The Morgan fingerprint density at radius 2 is 1.75 bits per heavy atom. The molecule has 0 unspecified atom stereocenters. The second-order valence-corrected chi connectivity index (χ2v) is 9.58. The van der Waals surface area contributed by atoms with Gasteiger partial charge in [-0.2, -0.15) is 0 Å². The van der Waals surface area contributed by atoms with E-state index in [0.717, 1.165) is 34.4 Å². The maximum atomic E-state index is 11.9. The van der Waals surface area contributed by atoms with Crippen molar-refractivity contribution in [3.63, 3.8) is 0 Å². The Morgan fingerprint density at radius 1 is 1.03 bits per heavy atom. The second kappa shape index (κ2) is 10.7. The summed E-state index contributed by atoms with van der Waals surface area (Å²) >= 11 is 0. The number of hydrogen-bond donors (Lipinski definition) is 2. The lowest BCUT2D eigenvalue weighted by molar-refractivity contribution is 0.0696. The van der Waals surface area contributed by atoms with Crippen molar-refractivity contribution >= 4 is 29.1 Å². The summed E-state index contributed by atoms with van der Waals surface area (Å²) in [7, 11) is 0. The van der Waals surface area contributed by atoms with Gasteiger partial charge in [0, 0.05) is 24.1 Å². The highest BCUT2D eigenvalue weighted by Crippen LogP contribution is 2.41. The molecular weight excluding hydrogens is 470 g/mol. The van der Waals surface area contributed by atoms with Crippen LogP contribution in [-0.4, -0.2) is 23.7 Å². The molecular formula is C31H32ClNO3. The van der Waals surface area contributed by atoms with Crippen molar-refractivity contribution in [3.8, 4) is 5.75 Å². The standard InChI is InChI=1S/C31H31NO3.ClH/c1-19-15-23(16-28(20(19)2)31(33)34)29-17-24(35-30-14-7-6-12-27(29)30)18-32-21(3)25-13-8-10-22-9-4-5-11-26(22)25;/h4-16,21,24,29,32H,17-18H2,1-3H3,(H,33,34);1H/t21-,24-,29+;/m1./s1. The van der Waals surface area contributed by atoms with Gasteiger partial charge in [0.25, 0.3) is 0 Å². The topological polar surface area (TPSA) is 58.6 Å². The Balaban J connectivity index is 0.00000304. The highest BCUT2D eigenvalue weighted by atomic mass is 35.5. The number of halogens is 1. The van der Waals surface area contributed by atoms with Crippen LogP contribution < -0.4 is 10.1 Å². The minimum atomic E-state index is -0.880. The SMILES string of the molecule is Cc1cc([C@@H]2C[C@H](CN[C@H](C)c3cccc4ccccc34)Oc3ccccc32)cc(C(=O)O)c1C.Cl. The van der Waals surface area contributed by atoms with Crippen LogP contribution in [0.2, 0.25) is 0 Å². The summed E-state index contributed by atoms with van der Waals surface area (Å²) in [4.78, 5) is 11.9. The highest BCUT2D eigenvalue weighted by Gasteiger charge is 2.30. The van der Waals surface area contributed by atoms with Gasteiger partial charge in [0.1, 0.15) is 11.9 Å². The minimum absolute atomic E-state index is 0. The van der Waals surface area contributed by atoms with Crippen molar-refractivity contribution in [2.75, 3.05) is 6.54 Å². The Hall–Kier alpha value is -3.34. The number of carboxylic acids is 1. The number of aryl methyl sites for hydroxylation is 1. The molecule has 0 radical (unpaired) electrons. The van der Waals surface area contributed by atoms with E-state index in [4.69, 9.17) is 4.74 Å². The van der Waals surface area contributed by atoms with Gasteiger partial charge >= 0.3 is 5.97 Å². The zero-order valence-electron chi connectivity index (χ0n) is 20.8. The number of ether oxygens (including phenoxy) is 1. The van der Waals surface area contributed by atoms with E-state index in [2.05, 4.69) is 66.8 Å². The molecule has 1 aliphatic heterocycles. The van der Waals surface area contributed by atoms with E-state index in [1.807, 2.05) is 38.1 Å². The van der Waals surface area contributed by atoms with Gasteiger partial charge < -0.3 is 15.2 Å². The third-order valence-corrected chi connectivity index (χ3v) is 7.35. The number of benzene rings is 4. The van der Waals surface area contributed by atoms with E-state index in [9.17, 15) is 9.90 Å². The van der Waals surface area contributed by atoms with E-state index in [1.54, 1.807) is 0 Å². The molecule has 1 aliphatic rings. The van der Waals surface area contributed by atoms with Crippen LogP contribution >= 0.6 is 12.4 Å². The molecule has 5 heteroatoms. The van der Waals surface area contributed by atoms with E-state index in [-0.39, 0.29) is 30.5 Å². The zero-order valence-corrected chi connectivity index (χ0v) is 21.6. The number of fused-ring (bicyclic) bond motifs is 2. The van der Waals surface area contributed by atoms with Crippen molar-refractivity contribution in [1.29, 1.82) is 0 Å². The smallest absolute Gasteiger partial charge is 0.335 e. The largest absolute Gasteiger partial charge is 0.489 e. The normalized spacial score (nSPS) is 17.5. The first kappa shape index (κ1) is 25.7. The number of aromatic carboxylic acids is 1. The quantitative estimate of drug-likeness (QED) is 0.293. The molecule has 0 amide bonds. The molecule has 4 aromatic rings. The van der Waals surface area contributed by atoms with Crippen LogP contribution in [-0.2, 0) is 0 Å². The average Bonchev–Trinajstić information content (AvgIpc) is 2.87. The summed E-state index contributed by atoms with van der Waals surface area (Å²) in [5, 5.41) is 16.0. The van der Waals surface area contributed by atoms with Crippen LogP contribution in [0.4, 0.5) is 0 Å². The highest BCUT2D eigenvalue weighted by molar-refractivity contribution is 5.90. The molecule has 3 atom stereocenters. The van der Waals surface area contributed by atoms with Crippen molar-refractivity contribution < 1.29 is 14.6 Å². The monoisotopic (exact) mass is 501 g/mol. The molecule has 0 saturated heterocycles. The first-order valence-corrected chi connectivity index (χ1v) is 12.2. The Morgan fingerprint density at radius 3 is 2.56 bits per heavy atom. The lowest BCUT2D eigenvalue weighted by atomic mass is 9.82. The van der Waals surface area contributed by atoms with Crippen molar-refractivity contribution in [3.05, 3.63) is 112 Å². The van der Waals surface area contributed by atoms with Gasteiger partial charge in [-0.05, 0) is 72.4 Å². The molecule has 2 N–H and O–H groups in total. The molecule has 1 heterocycles. The molecule has 0 fully saturated rings. The van der Waals surface area contributed by atoms with Gasteiger partial charge in [0.05, 0.1) is 5.56 Å². The maximum Gasteiger partial charge on any atom is 0.335 e. The zero-order chi connectivity index (χ0) is 24.5. The lowest BCUT2D eigenvalue weighted by Gasteiger charge is -2.34. The molecule has 186 valence electrons. The van der Waals surface area contributed by atoms with Crippen LogP contribution in [0.5, 0.6) is 5.75 Å². The van der Waals surface area contributed by atoms with Gasteiger partial charge in [0.15, 0.2) is 0 Å². The molecule has 4 aromatic carbocycles. The van der Waals surface area contributed by atoms with Crippen LogP contribution in [0.3, 0.4) is 0 Å². The summed E-state index contributed by atoms with van der Waals surface area (Å²) in [5.74, 6) is 0.0791. The van der Waals surface area contributed by atoms with Gasteiger partial charge in [0.2, 0.25) is 0 Å². The summed E-state index contributed by atoms with van der Waals surface area (Å²) in [6.07, 6.45) is 0.760. The molecule has 5 rings (SSSR count). The van der Waals surface area contributed by atoms with Gasteiger partial charge in [-0.15, -0.1) is 12.4 Å². The number of para-hydroxylation sites is 1. The van der Waals surface area contributed by atoms with Crippen molar-refractivity contribution in [2.45, 2.75) is 45.3 Å². The molecule has 0 bridgehead atoms. The number of hydrogen-bond acceptors (Lipinski definition) is 3. The van der Waals surface area contributed by atoms with E-state index >= 15 is 0 Å². The van der Waals surface area contributed by atoms with Crippen molar-refractivity contribution in [2.24, 2.45) is 0 Å². The van der Waals surface area contributed by atoms with Crippen LogP contribution in [0.1, 0.15) is 63.5 Å². The first-order valence-electron chi connectivity index (χ1n) is 12.2. The molecule has 4 nitrogen and oxygen atoms in total. The number of rotatable bonds is 6. The fourth-order valence-electron chi connectivity index (χ4n) is 5.29. The fraction of sp³-hybridized carbons (Fsp3) is 0.258. The first-order chi connectivity index (χ1) is 16.9. The summed E-state index contributed by atoms with van der Waals surface area (Å²) < 4.78 is 6.41. The van der Waals surface area contributed by atoms with E-state index in [1.165, 1.54) is 16.3 Å². The van der Waals surface area contributed by atoms with Crippen LogP contribution in [0, 0.1) is 13.8 Å². The lowest BCUT2D eigenvalue weighted by Crippen LogP contribution is -2.37.